The summed E-state index contributed by atoms with van der Waals surface area (Å²) in [4.78, 5) is 4.14. The number of pyridine rings is 1. The van der Waals surface area contributed by atoms with Gasteiger partial charge in [-0.2, -0.15) is 0 Å². The number of nitrogens with zero attached hydrogens (tertiary/aromatic N) is 1. The van der Waals surface area contributed by atoms with E-state index in [1.165, 1.54) is 0 Å². The Kier molecular flexibility index (Phi) is 4.66. The summed E-state index contributed by atoms with van der Waals surface area (Å²) in [5, 5.41) is 8.50. The third-order valence-corrected chi connectivity index (χ3v) is 1.58. The summed E-state index contributed by atoms with van der Waals surface area (Å²) in [5.41, 5.74) is 0.999. The molecule has 0 aromatic carbocycles. The number of unbranched alkanes of at least 4 members (excludes halogenated alkanes) is 1. The van der Waals surface area contributed by atoms with Gasteiger partial charge in [0.05, 0.1) is 12.1 Å². The van der Waals surface area contributed by atoms with E-state index in [-0.39, 0.29) is 6.61 Å². The van der Waals surface area contributed by atoms with Crippen LogP contribution in [0.1, 0.15) is 18.5 Å². The first-order valence-corrected chi connectivity index (χ1v) is 4.40. The first-order valence-electron chi connectivity index (χ1n) is 4.40. The van der Waals surface area contributed by atoms with Crippen LogP contribution < -0.4 is 0 Å². The summed E-state index contributed by atoms with van der Waals surface area (Å²) >= 11 is 0. The number of aliphatic hydroxyl groups excluding tert-OH is 1. The molecule has 0 fully saturated rings. The fraction of sp³-hybridized carbons (Fsp3) is 0.364. The Hall–Kier alpha value is -1.33. The molecular weight excluding hydrogens is 162 g/mol. The van der Waals surface area contributed by atoms with Crippen LogP contribution >= 0.6 is 0 Å². The van der Waals surface area contributed by atoms with Crippen LogP contribution in [0, 0.1) is 11.8 Å². The van der Waals surface area contributed by atoms with Crippen molar-refractivity contribution >= 4 is 0 Å². The number of aromatic nitrogens is 1. The quantitative estimate of drug-likeness (QED) is 0.556. The van der Waals surface area contributed by atoms with Gasteiger partial charge in [0.1, 0.15) is 0 Å². The monoisotopic (exact) mass is 175 g/mol. The van der Waals surface area contributed by atoms with Crippen LogP contribution in [0.4, 0.5) is 0 Å². The van der Waals surface area contributed by atoms with Crippen molar-refractivity contribution in [3.05, 3.63) is 30.1 Å². The molecule has 2 nitrogen and oxygen atoms in total. The fourth-order valence-corrected chi connectivity index (χ4v) is 0.912. The molecule has 1 N–H and O–H groups in total. The zero-order chi connectivity index (χ0) is 9.36. The lowest BCUT2D eigenvalue weighted by Crippen LogP contribution is -1.85. The van der Waals surface area contributed by atoms with Crippen LogP contribution in [-0.2, 0) is 6.42 Å². The molecule has 0 bridgehead atoms. The van der Waals surface area contributed by atoms with Gasteiger partial charge in [0.2, 0.25) is 0 Å². The van der Waals surface area contributed by atoms with Crippen molar-refractivity contribution < 1.29 is 5.11 Å². The highest BCUT2D eigenvalue weighted by molar-refractivity contribution is 5.12. The molecule has 68 valence electrons. The van der Waals surface area contributed by atoms with Crippen molar-refractivity contribution in [1.29, 1.82) is 0 Å². The van der Waals surface area contributed by atoms with Gasteiger partial charge in [-0.15, -0.1) is 5.92 Å². The minimum atomic E-state index is 0.221. The van der Waals surface area contributed by atoms with Gasteiger partial charge >= 0.3 is 0 Å². The standard InChI is InChI=1S/C11H13NO/c13-10-6-2-1-3-7-11-8-4-5-9-12-11/h4-5,8-9,13H,2,6-7,10H2. The minimum Gasteiger partial charge on any atom is -0.396 e. The normalized spacial score (nSPS) is 9.00. The average Bonchev–Trinajstić information content (AvgIpc) is 2.19. The molecule has 1 heterocycles. The topological polar surface area (TPSA) is 33.1 Å². The largest absolute Gasteiger partial charge is 0.396 e. The van der Waals surface area contributed by atoms with Crippen molar-refractivity contribution in [2.75, 3.05) is 6.61 Å². The molecule has 0 spiro atoms. The second-order valence-electron chi connectivity index (χ2n) is 2.68. The molecule has 2 heteroatoms. The molecule has 1 rings (SSSR count). The highest BCUT2D eigenvalue weighted by Gasteiger charge is 1.86. The molecule has 0 aliphatic carbocycles. The van der Waals surface area contributed by atoms with E-state index in [2.05, 4.69) is 16.8 Å². The highest BCUT2D eigenvalue weighted by atomic mass is 16.2. The third-order valence-electron chi connectivity index (χ3n) is 1.58. The van der Waals surface area contributed by atoms with Gasteiger partial charge in [-0.3, -0.25) is 4.98 Å². The lowest BCUT2D eigenvalue weighted by atomic mass is 10.2. The molecule has 0 aliphatic rings. The van der Waals surface area contributed by atoms with Gasteiger partial charge in [-0.05, 0) is 18.6 Å². The molecule has 1 aromatic rings. The van der Waals surface area contributed by atoms with Gasteiger partial charge < -0.3 is 5.11 Å². The van der Waals surface area contributed by atoms with Gasteiger partial charge in [-0.25, -0.2) is 0 Å². The molecule has 0 radical (unpaired) electrons. The summed E-state index contributed by atoms with van der Waals surface area (Å²) in [5.74, 6) is 6.00. The van der Waals surface area contributed by atoms with E-state index in [0.717, 1.165) is 18.5 Å². The van der Waals surface area contributed by atoms with Crippen LogP contribution in [0.5, 0.6) is 0 Å². The predicted octanol–water partition coefficient (Wildman–Crippen LogP) is 1.40. The number of rotatable bonds is 3. The molecule has 0 saturated carbocycles. The maximum absolute atomic E-state index is 8.50. The Bertz CT molecular complexity index is 284. The first-order chi connectivity index (χ1) is 6.43. The maximum atomic E-state index is 8.50. The average molecular weight is 175 g/mol. The number of hydrogen-bond acceptors (Lipinski definition) is 2. The minimum absolute atomic E-state index is 0.221. The van der Waals surface area contributed by atoms with E-state index in [1.807, 2.05) is 18.2 Å². The van der Waals surface area contributed by atoms with E-state index < -0.39 is 0 Å². The maximum Gasteiger partial charge on any atom is 0.0522 e. The molecule has 0 saturated heterocycles. The summed E-state index contributed by atoms with van der Waals surface area (Å²) in [7, 11) is 0. The third kappa shape index (κ3) is 4.29. The van der Waals surface area contributed by atoms with Crippen molar-refractivity contribution in [2.45, 2.75) is 19.3 Å². The second-order valence-corrected chi connectivity index (χ2v) is 2.68. The molecule has 0 unspecified atom stereocenters. The fourth-order valence-electron chi connectivity index (χ4n) is 0.912. The van der Waals surface area contributed by atoms with Crippen molar-refractivity contribution in [2.24, 2.45) is 0 Å². The van der Waals surface area contributed by atoms with Gasteiger partial charge in [0.25, 0.3) is 0 Å². The van der Waals surface area contributed by atoms with E-state index in [1.54, 1.807) is 6.20 Å². The van der Waals surface area contributed by atoms with Crippen molar-refractivity contribution in [1.82, 2.24) is 4.98 Å². The van der Waals surface area contributed by atoms with E-state index in [4.69, 9.17) is 5.11 Å². The number of hydrogen-bond donors (Lipinski definition) is 1. The smallest absolute Gasteiger partial charge is 0.0522 e. The van der Waals surface area contributed by atoms with E-state index in [0.29, 0.717) is 6.42 Å². The second kappa shape index (κ2) is 6.22. The predicted molar refractivity (Wildman–Crippen MR) is 52.0 cm³/mol. The summed E-state index contributed by atoms with van der Waals surface area (Å²) in [6, 6.07) is 5.81. The Balaban J connectivity index is 2.29. The van der Waals surface area contributed by atoms with E-state index in [9.17, 15) is 0 Å². The van der Waals surface area contributed by atoms with Crippen LogP contribution in [-0.4, -0.2) is 16.7 Å². The Morgan fingerprint density at radius 2 is 2.23 bits per heavy atom. The van der Waals surface area contributed by atoms with Crippen molar-refractivity contribution in [3.63, 3.8) is 0 Å². The van der Waals surface area contributed by atoms with E-state index >= 15 is 0 Å². The molecule has 0 atom stereocenters. The lowest BCUT2D eigenvalue weighted by Gasteiger charge is -1.90. The van der Waals surface area contributed by atoms with Gasteiger partial charge in [-0.1, -0.05) is 12.0 Å². The Morgan fingerprint density at radius 1 is 1.31 bits per heavy atom. The molecule has 0 amide bonds. The Morgan fingerprint density at radius 3 is 2.92 bits per heavy atom. The first kappa shape index (κ1) is 9.76. The number of aliphatic hydroxyl groups is 1. The summed E-state index contributed by atoms with van der Waals surface area (Å²) < 4.78 is 0. The van der Waals surface area contributed by atoms with Crippen LogP contribution in [0.25, 0.3) is 0 Å². The Labute approximate surface area is 78.6 Å². The van der Waals surface area contributed by atoms with Crippen molar-refractivity contribution in [3.8, 4) is 11.8 Å². The lowest BCUT2D eigenvalue weighted by molar-refractivity contribution is 0.290. The van der Waals surface area contributed by atoms with Crippen LogP contribution in [0.15, 0.2) is 24.4 Å². The van der Waals surface area contributed by atoms with Gasteiger partial charge in [0, 0.05) is 19.2 Å². The molecule has 0 aliphatic heterocycles. The summed E-state index contributed by atoms with van der Waals surface area (Å²) in [6.07, 6.45) is 4.00. The molecular formula is C11H13NO. The molecule has 13 heavy (non-hydrogen) atoms. The zero-order valence-electron chi connectivity index (χ0n) is 7.53. The summed E-state index contributed by atoms with van der Waals surface area (Å²) in [6.45, 7) is 0.221. The highest BCUT2D eigenvalue weighted by Crippen LogP contribution is 1.93. The SMILES string of the molecule is OCCCC#CCc1ccccn1. The van der Waals surface area contributed by atoms with Gasteiger partial charge in [0.15, 0.2) is 0 Å². The molecule has 1 aromatic heterocycles. The zero-order valence-corrected chi connectivity index (χ0v) is 7.53. The van der Waals surface area contributed by atoms with Crippen LogP contribution in [0.3, 0.4) is 0 Å². The van der Waals surface area contributed by atoms with Crippen LogP contribution in [0.2, 0.25) is 0 Å².